The molecule has 1 amide bonds. The van der Waals surface area contributed by atoms with Gasteiger partial charge in [-0.3, -0.25) is 4.90 Å². The summed E-state index contributed by atoms with van der Waals surface area (Å²) in [6.45, 7) is 1.73. The van der Waals surface area contributed by atoms with Crippen molar-refractivity contribution in [1.29, 1.82) is 0 Å². The van der Waals surface area contributed by atoms with Gasteiger partial charge < -0.3 is 24.3 Å². The van der Waals surface area contributed by atoms with Gasteiger partial charge in [0.25, 0.3) is 0 Å². The number of rotatable bonds is 7. The molecule has 0 aliphatic carbocycles. The zero-order valence-electron chi connectivity index (χ0n) is 14.0. The first-order valence-corrected chi connectivity index (χ1v) is 7.27. The maximum atomic E-state index is 11.7. The molecule has 1 heterocycles. The Kier molecular flexibility index (Phi) is 5.55. The van der Waals surface area contributed by atoms with Crippen molar-refractivity contribution in [2.75, 3.05) is 26.2 Å². The van der Waals surface area contributed by atoms with Gasteiger partial charge in [0.1, 0.15) is 11.5 Å². The third kappa shape index (κ3) is 3.25. The van der Waals surface area contributed by atoms with Gasteiger partial charge in [-0.25, -0.2) is 9.78 Å². The molecule has 2 rings (SSSR count). The van der Waals surface area contributed by atoms with Gasteiger partial charge in [-0.15, -0.1) is 0 Å². The van der Waals surface area contributed by atoms with Crippen molar-refractivity contribution in [2.45, 2.75) is 18.9 Å². The van der Waals surface area contributed by atoms with E-state index in [1.807, 2.05) is 6.07 Å². The molecule has 8 nitrogen and oxygen atoms in total. The van der Waals surface area contributed by atoms with Gasteiger partial charge in [0.15, 0.2) is 0 Å². The van der Waals surface area contributed by atoms with E-state index in [0.717, 1.165) is 0 Å². The van der Waals surface area contributed by atoms with Gasteiger partial charge in [0.2, 0.25) is 0 Å². The number of methoxy groups -OCH3 is 3. The first-order chi connectivity index (χ1) is 11.5. The molecule has 0 bridgehead atoms. The van der Waals surface area contributed by atoms with Crippen LogP contribution in [0.3, 0.4) is 0 Å². The van der Waals surface area contributed by atoms with Crippen LogP contribution in [0.2, 0.25) is 0 Å². The summed E-state index contributed by atoms with van der Waals surface area (Å²) in [6.07, 6.45) is 0.413. The van der Waals surface area contributed by atoms with Crippen molar-refractivity contribution < 1.29 is 24.1 Å². The predicted octanol–water partition coefficient (Wildman–Crippen LogP) is 2.70. The molecule has 0 saturated heterocycles. The number of aromatic nitrogens is 2. The topological polar surface area (TPSA) is 96.9 Å². The summed E-state index contributed by atoms with van der Waals surface area (Å²) < 4.78 is 15.8. The van der Waals surface area contributed by atoms with Gasteiger partial charge in [0.05, 0.1) is 12.2 Å². The van der Waals surface area contributed by atoms with Gasteiger partial charge in [-0.2, -0.15) is 0 Å². The number of nitrogens with zero attached hydrogens (tertiary/aromatic N) is 2. The maximum Gasteiger partial charge on any atom is 0.412 e. The monoisotopic (exact) mass is 335 g/mol. The van der Waals surface area contributed by atoms with Crippen molar-refractivity contribution in [3.63, 3.8) is 0 Å². The Morgan fingerprint density at radius 1 is 1.21 bits per heavy atom. The van der Waals surface area contributed by atoms with Crippen molar-refractivity contribution in [3.8, 4) is 0 Å². The normalized spacial score (nSPS) is 12.8. The van der Waals surface area contributed by atoms with Gasteiger partial charge in [0, 0.05) is 27.0 Å². The molecule has 2 aromatic rings. The minimum Gasteiger partial charge on any atom is -0.465 e. The fourth-order valence-corrected chi connectivity index (χ4v) is 2.49. The molecule has 1 unspecified atom stereocenters. The molecule has 8 heteroatoms. The molecule has 0 aliphatic rings. The average molecular weight is 335 g/mol. The first-order valence-electron chi connectivity index (χ1n) is 7.27. The van der Waals surface area contributed by atoms with E-state index in [9.17, 15) is 9.90 Å². The largest absolute Gasteiger partial charge is 0.465 e. The molecule has 1 aromatic heterocycles. The van der Waals surface area contributed by atoms with E-state index >= 15 is 0 Å². The number of ether oxygens (including phenoxy) is 3. The van der Waals surface area contributed by atoms with E-state index in [1.165, 1.54) is 32.4 Å². The number of benzene rings is 1. The number of carboxylic acid groups (broad SMARTS) is 1. The summed E-state index contributed by atoms with van der Waals surface area (Å²) in [5.41, 5.74) is 0.974. The van der Waals surface area contributed by atoms with Gasteiger partial charge in [-0.05, 0) is 19.1 Å². The van der Waals surface area contributed by atoms with Crippen LogP contribution < -0.4 is 4.90 Å². The summed E-state index contributed by atoms with van der Waals surface area (Å²) in [4.78, 5) is 20.2. The van der Waals surface area contributed by atoms with Crippen LogP contribution in [-0.4, -0.2) is 42.5 Å². The first kappa shape index (κ1) is 17.9. The lowest BCUT2D eigenvalue weighted by molar-refractivity contribution is -0.366. The summed E-state index contributed by atoms with van der Waals surface area (Å²) >= 11 is 0. The Bertz CT molecular complexity index is 661. The number of amides is 1. The lowest BCUT2D eigenvalue weighted by atomic mass is 10.2. The smallest absolute Gasteiger partial charge is 0.412 e. The quantitative estimate of drug-likeness (QED) is 0.755. The van der Waals surface area contributed by atoms with Crippen LogP contribution in [0.4, 0.5) is 10.5 Å². The Balaban J connectivity index is 2.35. The van der Waals surface area contributed by atoms with Crippen molar-refractivity contribution >= 4 is 11.8 Å². The number of nitrogens with one attached hydrogen (secondary N) is 1. The molecule has 0 aliphatic heterocycles. The van der Waals surface area contributed by atoms with Crippen molar-refractivity contribution in [1.82, 2.24) is 9.97 Å². The number of hydrogen-bond acceptors (Lipinski definition) is 5. The molecule has 0 radical (unpaired) electrons. The highest BCUT2D eigenvalue weighted by Crippen LogP contribution is 2.29. The molecule has 1 aromatic carbocycles. The average Bonchev–Trinajstić information content (AvgIpc) is 3.08. The fraction of sp³-hybridized carbons (Fsp3) is 0.375. The number of para-hydroxylation sites is 1. The van der Waals surface area contributed by atoms with Gasteiger partial charge >= 0.3 is 12.1 Å². The molecular weight excluding hydrogens is 314 g/mol. The minimum absolute atomic E-state index is 0.426. The lowest BCUT2D eigenvalue weighted by Crippen LogP contribution is -2.34. The number of imidazole rings is 1. The number of H-pyrrole nitrogens is 1. The molecule has 2 N–H and O–H groups in total. The van der Waals surface area contributed by atoms with Crippen molar-refractivity contribution in [3.05, 3.63) is 48.0 Å². The van der Waals surface area contributed by atoms with Crippen LogP contribution in [-0.2, 0) is 20.2 Å². The second-order valence-corrected chi connectivity index (χ2v) is 5.01. The minimum atomic E-state index is -1.42. The summed E-state index contributed by atoms with van der Waals surface area (Å²) in [5, 5.41) is 9.57. The highest BCUT2D eigenvalue weighted by atomic mass is 16.9. The summed E-state index contributed by atoms with van der Waals surface area (Å²) in [5.74, 6) is -0.988. The van der Waals surface area contributed by atoms with E-state index in [4.69, 9.17) is 14.2 Å². The van der Waals surface area contributed by atoms with E-state index in [-0.39, 0.29) is 0 Å². The SMILES string of the molecule is COC(OC)(OC)c1cnc(C(C)N(C(=O)O)c2ccccc2)[nH]1. The third-order valence-electron chi connectivity index (χ3n) is 3.75. The molecular formula is C16H21N3O5. The molecule has 0 saturated carbocycles. The van der Waals surface area contributed by atoms with Gasteiger partial charge in [-0.1, -0.05) is 18.2 Å². The standard InChI is InChI=1S/C16H21N3O5/c1-11(19(15(20)21)12-8-6-5-7-9-12)14-17-10-13(18-14)16(22-2,23-3)24-4/h5-11H,1-4H3,(H,17,18)(H,20,21). The molecule has 0 fully saturated rings. The maximum absolute atomic E-state index is 11.7. The highest BCUT2D eigenvalue weighted by molar-refractivity contribution is 5.86. The zero-order chi connectivity index (χ0) is 17.7. The fourth-order valence-electron chi connectivity index (χ4n) is 2.49. The van der Waals surface area contributed by atoms with E-state index in [2.05, 4.69) is 9.97 Å². The molecule has 24 heavy (non-hydrogen) atoms. The van der Waals surface area contributed by atoms with E-state index in [1.54, 1.807) is 31.2 Å². The zero-order valence-corrected chi connectivity index (χ0v) is 14.0. The second kappa shape index (κ2) is 7.43. The van der Waals surface area contributed by atoms with Crippen LogP contribution in [0.5, 0.6) is 0 Å². The Labute approximate surface area is 140 Å². The highest BCUT2D eigenvalue weighted by Gasteiger charge is 2.36. The molecule has 1 atom stereocenters. The Morgan fingerprint density at radius 2 is 1.79 bits per heavy atom. The van der Waals surface area contributed by atoms with Crippen LogP contribution in [0.25, 0.3) is 0 Å². The van der Waals surface area contributed by atoms with Crippen LogP contribution in [0.15, 0.2) is 36.5 Å². The van der Waals surface area contributed by atoms with Crippen LogP contribution >= 0.6 is 0 Å². The molecule has 0 spiro atoms. The molecule has 130 valence electrons. The van der Waals surface area contributed by atoms with E-state index < -0.39 is 18.1 Å². The summed E-state index contributed by atoms with van der Waals surface area (Å²) in [7, 11) is 4.30. The van der Waals surface area contributed by atoms with Crippen LogP contribution in [0.1, 0.15) is 24.5 Å². The Morgan fingerprint density at radius 3 is 2.29 bits per heavy atom. The second-order valence-electron chi connectivity index (χ2n) is 5.01. The number of anilines is 1. The number of aromatic amines is 1. The van der Waals surface area contributed by atoms with Crippen LogP contribution in [0, 0.1) is 0 Å². The summed E-state index contributed by atoms with van der Waals surface area (Å²) in [6, 6.07) is 8.26. The Hall–Kier alpha value is -2.42. The van der Waals surface area contributed by atoms with E-state index in [0.29, 0.717) is 17.2 Å². The number of carbonyl (C=O) groups is 1. The third-order valence-corrected chi connectivity index (χ3v) is 3.75. The van der Waals surface area contributed by atoms with Crippen molar-refractivity contribution in [2.24, 2.45) is 0 Å². The predicted molar refractivity (Wildman–Crippen MR) is 86.7 cm³/mol. The number of hydrogen-bond donors (Lipinski definition) is 2. The lowest BCUT2D eigenvalue weighted by Gasteiger charge is -2.27.